The normalized spacial score (nSPS) is 12.1. The maximum absolute atomic E-state index is 11.7. The van der Waals surface area contributed by atoms with Crippen LogP contribution in [-0.2, 0) is 4.79 Å². The highest BCUT2D eigenvalue weighted by molar-refractivity contribution is 9.10. The van der Waals surface area contributed by atoms with Crippen LogP contribution in [0.1, 0.15) is 13.3 Å². The monoisotopic (exact) mass is 323 g/mol. The molecule has 0 aliphatic heterocycles. The van der Waals surface area contributed by atoms with Gasteiger partial charge in [0, 0.05) is 5.69 Å². The molecule has 4 heteroatoms. The van der Waals surface area contributed by atoms with Crippen LogP contribution in [0.3, 0.4) is 0 Å². The second kappa shape index (κ2) is 6.16. The van der Waals surface area contributed by atoms with Gasteiger partial charge < -0.3 is 5.32 Å². The summed E-state index contributed by atoms with van der Waals surface area (Å²) in [5, 5.41) is 7.05. The largest absolute Gasteiger partial charge is 0.325 e. The van der Waals surface area contributed by atoms with Gasteiger partial charge in [-0.05, 0) is 46.5 Å². The van der Waals surface area contributed by atoms with Gasteiger partial charge in [0.1, 0.15) is 0 Å². The van der Waals surface area contributed by atoms with Crippen molar-refractivity contribution in [1.82, 2.24) is 0 Å². The van der Waals surface area contributed by atoms with Gasteiger partial charge in [0.25, 0.3) is 0 Å². The van der Waals surface area contributed by atoms with Gasteiger partial charge in [-0.25, -0.2) is 0 Å². The minimum atomic E-state index is -0.131. The van der Waals surface area contributed by atoms with Crippen molar-refractivity contribution < 1.29 is 4.79 Å². The summed E-state index contributed by atoms with van der Waals surface area (Å²) < 4.78 is 0. The molecule has 2 rings (SSSR count). The Bertz CT molecular complexity index is 507. The molecule has 0 saturated heterocycles. The van der Waals surface area contributed by atoms with Gasteiger partial charge >= 0.3 is 0 Å². The van der Waals surface area contributed by atoms with Crippen LogP contribution in [0.25, 0.3) is 11.1 Å². The Kier molecular flexibility index (Phi) is 4.55. The Morgan fingerprint density at radius 1 is 1.28 bits per heavy atom. The Morgan fingerprint density at radius 3 is 2.56 bits per heavy atom. The van der Waals surface area contributed by atoms with Gasteiger partial charge in [0.2, 0.25) is 5.91 Å². The van der Waals surface area contributed by atoms with Crippen molar-refractivity contribution in [2.45, 2.75) is 18.2 Å². The van der Waals surface area contributed by atoms with Gasteiger partial charge in [0.15, 0.2) is 0 Å². The van der Waals surface area contributed by atoms with Crippen molar-refractivity contribution in [2.75, 3.05) is 5.32 Å². The second-order valence-electron chi connectivity index (χ2n) is 3.95. The Labute approximate surface area is 119 Å². The summed E-state index contributed by atoms with van der Waals surface area (Å²) in [5.41, 5.74) is 3.21. The van der Waals surface area contributed by atoms with E-state index < -0.39 is 0 Å². The molecular weight excluding hydrogens is 310 g/mol. The standard InChI is InChI=1S/C14H14BrNOS/c1-2-13(15)14(17)16-12-5-3-10(4-6-12)11-7-8-18-9-11/h3-9,13H,2H2,1H3,(H,16,17). The van der Waals surface area contributed by atoms with Gasteiger partial charge in [-0.3, -0.25) is 4.79 Å². The molecule has 94 valence electrons. The molecule has 0 saturated carbocycles. The van der Waals surface area contributed by atoms with Gasteiger partial charge in [-0.1, -0.05) is 35.0 Å². The molecule has 1 N–H and O–H groups in total. The van der Waals surface area contributed by atoms with Crippen molar-refractivity contribution in [1.29, 1.82) is 0 Å². The summed E-state index contributed by atoms with van der Waals surface area (Å²) in [5.74, 6) is 0.000725. The molecule has 0 aliphatic carbocycles. The van der Waals surface area contributed by atoms with Crippen LogP contribution >= 0.6 is 27.3 Å². The number of thiophene rings is 1. The summed E-state index contributed by atoms with van der Waals surface area (Å²) >= 11 is 5.02. The SMILES string of the molecule is CCC(Br)C(=O)Nc1ccc(-c2ccsc2)cc1. The van der Waals surface area contributed by atoms with E-state index in [2.05, 4.69) is 38.1 Å². The molecule has 1 atom stereocenters. The number of anilines is 1. The molecule has 0 bridgehead atoms. The number of halogens is 1. The van der Waals surface area contributed by atoms with E-state index in [1.54, 1.807) is 11.3 Å². The number of hydrogen-bond donors (Lipinski definition) is 1. The van der Waals surface area contributed by atoms with Gasteiger partial charge in [0.05, 0.1) is 4.83 Å². The fraction of sp³-hybridized carbons (Fsp3) is 0.214. The number of amides is 1. The second-order valence-corrected chi connectivity index (χ2v) is 5.84. The first kappa shape index (κ1) is 13.3. The molecular formula is C14H14BrNOS. The molecule has 0 fully saturated rings. The lowest BCUT2D eigenvalue weighted by Gasteiger charge is -2.09. The highest BCUT2D eigenvalue weighted by Gasteiger charge is 2.12. The van der Waals surface area contributed by atoms with Crippen LogP contribution in [0.5, 0.6) is 0 Å². The quantitative estimate of drug-likeness (QED) is 0.823. The van der Waals surface area contributed by atoms with Crippen molar-refractivity contribution in [3.63, 3.8) is 0 Å². The molecule has 1 amide bonds. The van der Waals surface area contributed by atoms with Gasteiger partial charge in [-0.2, -0.15) is 11.3 Å². The molecule has 1 aromatic heterocycles. The smallest absolute Gasteiger partial charge is 0.238 e. The Morgan fingerprint density at radius 2 is 2.00 bits per heavy atom. The fourth-order valence-electron chi connectivity index (χ4n) is 1.58. The van der Waals surface area contributed by atoms with E-state index in [-0.39, 0.29) is 10.7 Å². The fourth-order valence-corrected chi connectivity index (χ4v) is 2.36. The van der Waals surface area contributed by atoms with E-state index in [0.29, 0.717) is 0 Å². The van der Waals surface area contributed by atoms with E-state index >= 15 is 0 Å². The lowest BCUT2D eigenvalue weighted by atomic mass is 10.1. The van der Waals surface area contributed by atoms with E-state index in [0.717, 1.165) is 12.1 Å². The third-order valence-corrected chi connectivity index (χ3v) is 4.40. The maximum atomic E-state index is 11.7. The highest BCUT2D eigenvalue weighted by atomic mass is 79.9. The lowest BCUT2D eigenvalue weighted by molar-refractivity contribution is -0.115. The minimum Gasteiger partial charge on any atom is -0.325 e. The first-order valence-electron chi connectivity index (χ1n) is 5.78. The van der Waals surface area contributed by atoms with Crippen molar-refractivity contribution in [3.05, 3.63) is 41.1 Å². The van der Waals surface area contributed by atoms with Crippen LogP contribution in [0.15, 0.2) is 41.1 Å². The molecule has 1 unspecified atom stereocenters. The van der Waals surface area contributed by atoms with E-state index in [1.807, 2.05) is 31.2 Å². The highest BCUT2D eigenvalue weighted by Crippen LogP contribution is 2.23. The number of carbonyl (C=O) groups excluding carboxylic acids is 1. The Balaban J connectivity index is 2.06. The van der Waals surface area contributed by atoms with E-state index in [9.17, 15) is 4.79 Å². The topological polar surface area (TPSA) is 29.1 Å². The zero-order valence-electron chi connectivity index (χ0n) is 10.0. The minimum absolute atomic E-state index is 0.000725. The molecule has 0 spiro atoms. The first-order chi connectivity index (χ1) is 8.70. The predicted molar refractivity (Wildman–Crippen MR) is 81.4 cm³/mol. The lowest BCUT2D eigenvalue weighted by Crippen LogP contribution is -2.21. The maximum Gasteiger partial charge on any atom is 0.238 e. The predicted octanol–water partition coefficient (Wildman–Crippen LogP) is 4.53. The van der Waals surface area contributed by atoms with Gasteiger partial charge in [-0.15, -0.1) is 0 Å². The van der Waals surface area contributed by atoms with Crippen LogP contribution in [0, 0.1) is 0 Å². The number of alkyl halides is 1. The molecule has 18 heavy (non-hydrogen) atoms. The van der Waals surface area contributed by atoms with Crippen molar-refractivity contribution in [2.24, 2.45) is 0 Å². The zero-order valence-corrected chi connectivity index (χ0v) is 12.4. The molecule has 0 radical (unpaired) electrons. The summed E-state index contributed by atoms with van der Waals surface area (Å²) in [6.07, 6.45) is 0.777. The van der Waals surface area contributed by atoms with Crippen molar-refractivity contribution in [3.8, 4) is 11.1 Å². The number of benzene rings is 1. The van der Waals surface area contributed by atoms with Crippen LogP contribution in [-0.4, -0.2) is 10.7 Å². The number of carbonyl (C=O) groups is 1. The zero-order chi connectivity index (χ0) is 13.0. The van der Waals surface area contributed by atoms with Crippen LogP contribution in [0.2, 0.25) is 0 Å². The summed E-state index contributed by atoms with van der Waals surface area (Å²) in [4.78, 5) is 11.6. The number of nitrogens with one attached hydrogen (secondary N) is 1. The summed E-state index contributed by atoms with van der Waals surface area (Å²) in [7, 11) is 0. The average Bonchev–Trinajstić information content (AvgIpc) is 2.92. The molecule has 1 heterocycles. The van der Waals surface area contributed by atoms with Crippen LogP contribution in [0.4, 0.5) is 5.69 Å². The van der Waals surface area contributed by atoms with Crippen molar-refractivity contribution >= 4 is 38.9 Å². The molecule has 2 aromatic rings. The Hall–Kier alpha value is -1.13. The third kappa shape index (κ3) is 3.21. The van der Waals surface area contributed by atoms with E-state index in [1.165, 1.54) is 11.1 Å². The van der Waals surface area contributed by atoms with Crippen LogP contribution < -0.4 is 5.32 Å². The number of hydrogen-bond acceptors (Lipinski definition) is 2. The average molecular weight is 324 g/mol. The molecule has 1 aromatic carbocycles. The summed E-state index contributed by atoms with van der Waals surface area (Å²) in [6.45, 7) is 1.97. The molecule has 2 nitrogen and oxygen atoms in total. The van der Waals surface area contributed by atoms with E-state index in [4.69, 9.17) is 0 Å². The molecule has 0 aliphatic rings. The third-order valence-electron chi connectivity index (χ3n) is 2.65. The number of rotatable bonds is 4. The summed E-state index contributed by atoms with van der Waals surface area (Å²) in [6, 6.07) is 9.99. The first-order valence-corrected chi connectivity index (χ1v) is 7.64.